The van der Waals surface area contributed by atoms with Crippen molar-refractivity contribution in [1.82, 2.24) is 25.1 Å². The van der Waals surface area contributed by atoms with Gasteiger partial charge in [0.1, 0.15) is 12.7 Å². The summed E-state index contributed by atoms with van der Waals surface area (Å²) in [5.74, 6) is 0.871. The van der Waals surface area contributed by atoms with Gasteiger partial charge in [0, 0.05) is 11.1 Å². The molecule has 1 atom stereocenters. The Morgan fingerprint density at radius 1 is 1.00 bits per heavy atom. The Morgan fingerprint density at radius 2 is 1.76 bits per heavy atom. The van der Waals surface area contributed by atoms with Gasteiger partial charge in [-0.15, -0.1) is 0 Å². The van der Waals surface area contributed by atoms with E-state index in [1.807, 2.05) is 80.6 Å². The third-order valence-electron chi connectivity index (χ3n) is 5.67. The molecule has 168 valence electrons. The highest BCUT2D eigenvalue weighted by molar-refractivity contribution is 6.00. The first-order chi connectivity index (χ1) is 16.6. The van der Waals surface area contributed by atoms with Crippen molar-refractivity contribution in [2.24, 2.45) is 0 Å². The van der Waals surface area contributed by atoms with Gasteiger partial charge in [0.05, 0.1) is 23.5 Å². The van der Waals surface area contributed by atoms with Gasteiger partial charge < -0.3 is 9.73 Å². The molecule has 0 aliphatic carbocycles. The van der Waals surface area contributed by atoms with E-state index in [1.165, 1.54) is 11.9 Å². The molecule has 0 saturated heterocycles. The number of aryl methyl sites for hydroxylation is 1. The summed E-state index contributed by atoms with van der Waals surface area (Å²) in [6, 6.07) is 23.0. The highest BCUT2D eigenvalue weighted by atomic mass is 16.4. The van der Waals surface area contributed by atoms with E-state index in [9.17, 15) is 4.79 Å². The van der Waals surface area contributed by atoms with Crippen LogP contribution in [0.4, 0.5) is 0 Å². The first-order valence-corrected chi connectivity index (χ1v) is 11.0. The van der Waals surface area contributed by atoms with Crippen LogP contribution in [0.25, 0.3) is 28.5 Å². The van der Waals surface area contributed by atoms with Crippen LogP contribution in [-0.2, 0) is 0 Å². The second-order valence-electron chi connectivity index (χ2n) is 8.07. The lowest BCUT2D eigenvalue weighted by Gasteiger charge is -2.16. The summed E-state index contributed by atoms with van der Waals surface area (Å²) in [7, 11) is 0. The Labute approximate surface area is 197 Å². The number of nitrogens with one attached hydrogen (secondary N) is 1. The second-order valence-corrected chi connectivity index (χ2v) is 8.07. The van der Waals surface area contributed by atoms with Gasteiger partial charge in [-0.2, -0.15) is 5.10 Å². The van der Waals surface area contributed by atoms with Gasteiger partial charge in [-0.05, 0) is 43.7 Å². The van der Waals surface area contributed by atoms with Crippen LogP contribution in [0.2, 0.25) is 0 Å². The fourth-order valence-corrected chi connectivity index (χ4v) is 3.73. The molecule has 34 heavy (non-hydrogen) atoms. The molecule has 5 aromatic rings. The molecule has 7 heteroatoms. The molecule has 0 bridgehead atoms. The van der Waals surface area contributed by atoms with Gasteiger partial charge >= 0.3 is 0 Å². The Morgan fingerprint density at radius 3 is 2.50 bits per heavy atom. The summed E-state index contributed by atoms with van der Waals surface area (Å²) in [6.45, 7) is 3.99. The average Bonchev–Trinajstić information content (AvgIpc) is 3.57. The number of hydrogen-bond donors (Lipinski definition) is 1. The number of oxazole rings is 1. The van der Waals surface area contributed by atoms with Gasteiger partial charge in [-0.3, -0.25) is 4.79 Å². The van der Waals surface area contributed by atoms with Crippen LogP contribution in [0.15, 0.2) is 96.1 Å². The molecule has 7 nitrogen and oxygen atoms in total. The summed E-state index contributed by atoms with van der Waals surface area (Å²) < 4.78 is 7.71. The summed E-state index contributed by atoms with van der Waals surface area (Å²) in [5.41, 5.74) is 5.14. The molecule has 0 aliphatic rings. The predicted octanol–water partition coefficient (Wildman–Crippen LogP) is 5.39. The van der Waals surface area contributed by atoms with Crippen molar-refractivity contribution >= 4 is 5.91 Å². The highest BCUT2D eigenvalue weighted by Gasteiger charge is 2.19. The van der Waals surface area contributed by atoms with E-state index in [1.54, 1.807) is 23.3 Å². The van der Waals surface area contributed by atoms with E-state index in [0.717, 1.165) is 16.8 Å². The lowest BCUT2D eigenvalue weighted by atomic mass is 10.0. The monoisotopic (exact) mass is 449 g/mol. The van der Waals surface area contributed by atoms with E-state index in [4.69, 9.17) is 4.42 Å². The standard InChI is InChI=1S/C27H23N5O2/c1-18-7-9-21(10-8-18)25-15-29-27(34-25)24-6-4-3-5-23(24)26(33)31-19(2)20-11-13-22(14-12-20)32-17-28-16-30-32/h3-17,19H,1-2H3,(H,31,33). The van der Waals surface area contributed by atoms with Crippen molar-refractivity contribution in [3.05, 3.63) is 108 Å². The van der Waals surface area contributed by atoms with Crippen molar-refractivity contribution in [3.63, 3.8) is 0 Å². The summed E-state index contributed by atoms with van der Waals surface area (Å²) >= 11 is 0. The van der Waals surface area contributed by atoms with E-state index in [2.05, 4.69) is 20.4 Å². The smallest absolute Gasteiger partial charge is 0.252 e. The van der Waals surface area contributed by atoms with Crippen LogP contribution in [0.5, 0.6) is 0 Å². The van der Waals surface area contributed by atoms with Gasteiger partial charge in [0.15, 0.2) is 5.76 Å². The van der Waals surface area contributed by atoms with Crippen LogP contribution in [0, 0.1) is 6.92 Å². The Hall–Kier alpha value is -4.52. The van der Waals surface area contributed by atoms with E-state index >= 15 is 0 Å². The quantitative estimate of drug-likeness (QED) is 0.376. The number of hydrogen-bond acceptors (Lipinski definition) is 5. The summed E-state index contributed by atoms with van der Waals surface area (Å²) in [5, 5.41) is 7.21. The minimum atomic E-state index is -0.196. The molecule has 1 unspecified atom stereocenters. The lowest BCUT2D eigenvalue weighted by Crippen LogP contribution is -2.27. The molecular formula is C27H23N5O2. The number of benzene rings is 3. The molecule has 0 spiro atoms. The second kappa shape index (κ2) is 9.15. The van der Waals surface area contributed by atoms with Crippen LogP contribution in [0.3, 0.4) is 0 Å². The van der Waals surface area contributed by atoms with Crippen LogP contribution in [-0.4, -0.2) is 25.7 Å². The topological polar surface area (TPSA) is 85.8 Å². The molecule has 1 N–H and O–H groups in total. The molecule has 1 amide bonds. The van der Waals surface area contributed by atoms with Crippen molar-refractivity contribution in [2.45, 2.75) is 19.9 Å². The molecule has 0 radical (unpaired) electrons. The number of rotatable bonds is 6. The maximum absolute atomic E-state index is 13.2. The maximum Gasteiger partial charge on any atom is 0.252 e. The number of amides is 1. The molecule has 3 aromatic carbocycles. The zero-order chi connectivity index (χ0) is 23.5. The van der Waals surface area contributed by atoms with Crippen molar-refractivity contribution in [2.75, 3.05) is 0 Å². The molecule has 2 heterocycles. The highest BCUT2D eigenvalue weighted by Crippen LogP contribution is 2.29. The van der Waals surface area contributed by atoms with E-state index < -0.39 is 0 Å². The number of aromatic nitrogens is 4. The molecule has 0 fully saturated rings. The van der Waals surface area contributed by atoms with Gasteiger partial charge in [0.25, 0.3) is 5.91 Å². The summed E-state index contributed by atoms with van der Waals surface area (Å²) in [6.07, 6.45) is 4.82. The summed E-state index contributed by atoms with van der Waals surface area (Å²) in [4.78, 5) is 21.6. The van der Waals surface area contributed by atoms with E-state index in [-0.39, 0.29) is 11.9 Å². The van der Waals surface area contributed by atoms with Crippen molar-refractivity contribution in [3.8, 4) is 28.5 Å². The van der Waals surface area contributed by atoms with Crippen LogP contribution >= 0.6 is 0 Å². The van der Waals surface area contributed by atoms with E-state index in [0.29, 0.717) is 22.8 Å². The third kappa shape index (κ3) is 4.36. The van der Waals surface area contributed by atoms with Gasteiger partial charge in [-0.1, -0.05) is 54.1 Å². The van der Waals surface area contributed by atoms with Crippen molar-refractivity contribution < 1.29 is 9.21 Å². The molecule has 0 saturated carbocycles. The zero-order valence-electron chi connectivity index (χ0n) is 18.8. The van der Waals surface area contributed by atoms with Gasteiger partial charge in [0.2, 0.25) is 5.89 Å². The average molecular weight is 450 g/mol. The number of nitrogens with zero attached hydrogens (tertiary/aromatic N) is 4. The molecule has 0 aliphatic heterocycles. The SMILES string of the molecule is Cc1ccc(-c2cnc(-c3ccccc3C(=O)NC(C)c3ccc(-n4cncn4)cc3)o2)cc1. The zero-order valence-corrected chi connectivity index (χ0v) is 18.8. The fourth-order valence-electron chi connectivity index (χ4n) is 3.73. The Kier molecular flexibility index (Phi) is 5.74. The minimum absolute atomic E-state index is 0.196. The molecule has 5 rings (SSSR count). The maximum atomic E-state index is 13.2. The number of carbonyl (C=O) groups excluding carboxylic acids is 1. The molecule has 2 aromatic heterocycles. The normalized spacial score (nSPS) is 11.8. The Bertz CT molecular complexity index is 1400. The first-order valence-electron chi connectivity index (χ1n) is 11.0. The number of carbonyl (C=O) groups is 1. The first kappa shape index (κ1) is 21.3. The Balaban J connectivity index is 1.35. The van der Waals surface area contributed by atoms with Gasteiger partial charge in [-0.25, -0.2) is 14.6 Å². The fraction of sp³-hybridized carbons (Fsp3) is 0.111. The van der Waals surface area contributed by atoms with Crippen molar-refractivity contribution in [1.29, 1.82) is 0 Å². The lowest BCUT2D eigenvalue weighted by molar-refractivity contribution is 0.0940. The van der Waals surface area contributed by atoms with Crippen LogP contribution < -0.4 is 5.32 Å². The minimum Gasteiger partial charge on any atom is -0.436 e. The van der Waals surface area contributed by atoms with Crippen LogP contribution in [0.1, 0.15) is 34.5 Å². The molecular weight excluding hydrogens is 426 g/mol. The predicted molar refractivity (Wildman–Crippen MR) is 129 cm³/mol. The third-order valence-corrected chi connectivity index (χ3v) is 5.67. The largest absolute Gasteiger partial charge is 0.436 e.